The molecule has 0 spiro atoms. The lowest BCUT2D eigenvalue weighted by molar-refractivity contribution is 0.0985. The predicted molar refractivity (Wildman–Crippen MR) is 154 cm³/mol. The van der Waals surface area contributed by atoms with Crippen molar-refractivity contribution in [2.75, 3.05) is 60.5 Å². The van der Waals surface area contributed by atoms with E-state index in [-0.39, 0.29) is 22.2 Å². The number of carbonyl (C=O) groups excluding carboxylic acids is 1. The van der Waals surface area contributed by atoms with E-state index >= 15 is 0 Å². The van der Waals surface area contributed by atoms with Crippen LogP contribution in [0.1, 0.15) is 23.2 Å². The third-order valence-electron chi connectivity index (χ3n) is 6.87. The Bertz CT molecular complexity index is 1350. The Hall–Kier alpha value is -2.79. The van der Waals surface area contributed by atoms with Crippen molar-refractivity contribution in [2.24, 2.45) is 0 Å². The zero-order valence-corrected chi connectivity index (χ0v) is 23.6. The molecule has 1 fully saturated rings. The van der Waals surface area contributed by atoms with Crippen LogP contribution >= 0.6 is 35.0 Å². The Kier molecular flexibility index (Phi) is 7.85. The fraction of sp³-hybridized carbons (Fsp3) is 0.346. The number of fused-ring (bicyclic) bond motifs is 1. The Balaban J connectivity index is 1.35. The first-order valence-corrected chi connectivity index (χ1v) is 14.0. The summed E-state index contributed by atoms with van der Waals surface area (Å²) in [5, 5.41) is 7.78. The van der Waals surface area contributed by atoms with Gasteiger partial charge in [0.2, 0.25) is 5.95 Å². The van der Waals surface area contributed by atoms with Crippen molar-refractivity contribution >= 4 is 69.6 Å². The third kappa shape index (κ3) is 5.22. The normalized spacial score (nSPS) is 16.1. The Morgan fingerprint density at radius 1 is 1.13 bits per heavy atom. The Labute approximate surface area is 235 Å². The number of rotatable bonds is 6. The SMILES string of the molecule is CNc1cc(Nc2ncc3c(n2)SCN(c2c(F)cccc2Cl)C3=O)cc(Cl)c1N1CCC(N(C)C)CC1. The summed E-state index contributed by atoms with van der Waals surface area (Å²) in [6, 6.07) is 8.74. The number of para-hydroxylation sites is 1. The largest absolute Gasteiger partial charge is 0.386 e. The van der Waals surface area contributed by atoms with Crippen molar-refractivity contribution < 1.29 is 9.18 Å². The number of hydrogen-bond donors (Lipinski definition) is 2. The number of nitrogens with zero attached hydrogens (tertiary/aromatic N) is 5. The lowest BCUT2D eigenvalue weighted by Gasteiger charge is -2.37. The molecule has 200 valence electrons. The molecule has 5 rings (SSSR count). The summed E-state index contributed by atoms with van der Waals surface area (Å²) < 4.78 is 14.4. The van der Waals surface area contributed by atoms with Crippen LogP contribution in [0.4, 0.5) is 33.1 Å². The molecule has 8 nitrogen and oxygen atoms in total. The first-order valence-electron chi connectivity index (χ1n) is 12.2. The third-order valence-corrected chi connectivity index (χ3v) is 8.43. The minimum Gasteiger partial charge on any atom is -0.386 e. The van der Waals surface area contributed by atoms with Gasteiger partial charge in [0.1, 0.15) is 10.8 Å². The molecule has 3 aromatic rings. The second kappa shape index (κ2) is 11.1. The van der Waals surface area contributed by atoms with Gasteiger partial charge in [-0.25, -0.2) is 14.4 Å². The molecular weight excluding hydrogens is 548 g/mol. The summed E-state index contributed by atoms with van der Waals surface area (Å²) in [6.45, 7) is 1.86. The van der Waals surface area contributed by atoms with E-state index in [1.54, 1.807) is 6.07 Å². The number of benzene rings is 2. The van der Waals surface area contributed by atoms with Crippen molar-refractivity contribution in [3.63, 3.8) is 0 Å². The molecule has 0 radical (unpaired) electrons. The second-order valence-electron chi connectivity index (χ2n) is 9.40. The van der Waals surface area contributed by atoms with Crippen LogP contribution in [-0.2, 0) is 0 Å². The van der Waals surface area contributed by atoms with Crippen molar-refractivity contribution in [2.45, 2.75) is 23.9 Å². The summed E-state index contributed by atoms with van der Waals surface area (Å²) >= 11 is 14.3. The molecule has 0 bridgehead atoms. The van der Waals surface area contributed by atoms with Crippen LogP contribution in [0.3, 0.4) is 0 Å². The molecule has 2 N–H and O–H groups in total. The number of piperidine rings is 1. The average molecular weight is 577 g/mol. The molecule has 1 amide bonds. The smallest absolute Gasteiger partial charge is 0.263 e. The first kappa shape index (κ1) is 26.8. The summed E-state index contributed by atoms with van der Waals surface area (Å²) in [6.07, 6.45) is 3.60. The highest BCUT2D eigenvalue weighted by Crippen LogP contribution is 2.40. The lowest BCUT2D eigenvalue weighted by atomic mass is 10.0. The lowest BCUT2D eigenvalue weighted by Crippen LogP contribution is -2.42. The van der Waals surface area contributed by atoms with E-state index in [9.17, 15) is 9.18 Å². The number of thioether (sulfide) groups is 1. The molecule has 2 aliphatic rings. The van der Waals surface area contributed by atoms with E-state index < -0.39 is 11.7 Å². The summed E-state index contributed by atoms with van der Waals surface area (Å²) in [7, 11) is 6.12. The minimum absolute atomic E-state index is 0.0554. The van der Waals surface area contributed by atoms with Gasteiger partial charge in [0, 0.05) is 38.1 Å². The second-order valence-corrected chi connectivity index (χ2v) is 11.1. The Morgan fingerprint density at radius 2 is 1.89 bits per heavy atom. The van der Waals surface area contributed by atoms with Gasteiger partial charge in [-0.3, -0.25) is 9.69 Å². The van der Waals surface area contributed by atoms with E-state index in [4.69, 9.17) is 23.2 Å². The van der Waals surface area contributed by atoms with Gasteiger partial charge < -0.3 is 20.4 Å². The number of hydrogen-bond acceptors (Lipinski definition) is 8. The van der Waals surface area contributed by atoms with Gasteiger partial charge in [-0.1, -0.05) is 41.0 Å². The van der Waals surface area contributed by atoms with Crippen molar-refractivity contribution in [1.29, 1.82) is 0 Å². The molecule has 1 aromatic heterocycles. The molecule has 0 atom stereocenters. The van der Waals surface area contributed by atoms with E-state index in [0.29, 0.717) is 22.0 Å². The van der Waals surface area contributed by atoms with E-state index in [1.807, 2.05) is 19.2 Å². The van der Waals surface area contributed by atoms with Crippen LogP contribution in [-0.4, -0.2) is 66.9 Å². The fourth-order valence-electron chi connectivity index (χ4n) is 4.84. The van der Waals surface area contributed by atoms with E-state index in [0.717, 1.165) is 43.0 Å². The number of nitrogens with one attached hydrogen (secondary N) is 2. The molecule has 0 unspecified atom stereocenters. The maximum Gasteiger partial charge on any atom is 0.263 e. The van der Waals surface area contributed by atoms with Crippen LogP contribution in [0.25, 0.3) is 0 Å². The van der Waals surface area contributed by atoms with Crippen LogP contribution in [0, 0.1) is 5.82 Å². The number of amides is 1. The summed E-state index contributed by atoms with van der Waals surface area (Å²) in [5.74, 6) is -0.450. The molecule has 2 aliphatic heterocycles. The maximum atomic E-state index is 14.4. The Morgan fingerprint density at radius 3 is 2.58 bits per heavy atom. The van der Waals surface area contributed by atoms with Gasteiger partial charge >= 0.3 is 0 Å². The van der Waals surface area contributed by atoms with Crippen molar-refractivity contribution in [1.82, 2.24) is 14.9 Å². The molecule has 2 aromatic carbocycles. The summed E-state index contributed by atoms with van der Waals surface area (Å²) in [4.78, 5) is 27.9. The van der Waals surface area contributed by atoms with Crippen LogP contribution in [0.5, 0.6) is 0 Å². The molecule has 38 heavy (non-hydrogen) atoms. The van der Waals surface area contributed by atoms with Crippen molar-refractivity contribution in [3.8, 4) is 0 Å². The highest BCUT2D eigenvalue weighted by Gasteiger charge is 2.31. The standard InChI is InChI=1S/C26H28Cl2FN7OS/c1-30-21-12-15(11-19(28)23(21)35-9-7-16(8-10-35)34(2)3)32-26-31-13-17-24(33-26)38-14-36(25(17)37)22-18(27)5-4-6-20(22)29/h4-6,11-13,16,30H,7-10,14H2,1-3H3,(H,31,32,33). The minimum atomic E-state index is -0.558. The van der Waals surface area contributed by atoms with Crippen LogP contribution in [0.15, 0.2) is 41.6 Å². The zero-order valence-electron chi connectivity index (χ0n) is 21.3. The first-order chi connectivity index (χ1) is 18.3. The number of anilines is 5. The number of carbonyl (C=O) groups is 1. The molecule has 1 saturated heterocycles. The molecular formula is C26H28Cl2FN7OS. The zero-order chi connectivity index (χ0) is 27.0. The highest BCUT2D eigenvalue weighted by molar-refractivity contribution is 7.99. The predicted octanol–water partition coefficient (Wildman–Crippen LogP) is 5.95. The summed E-state index contributed by atoms with van der Waals surface area (Å²) in [5.41, 5.74) is 2.95. The van der Waals surface area contributed by atoms with E-state index in [1.165, 1.54) is 35.0 Å². The number of aromatic nitrogens is 2. The van der Waals surface area contributed by atoms with Crippen molar-refractivity contribution in [3.05, 3.63) is 58.0 Å². The monoisotopic (exact) mass is 575 g/mol. The topological polar surface area (TPSA) is 76.6 Å². The van der Waals surface area contributed by atoms with Gasteiger partial charge in [-0.05, 0) is 51.2 Å². The van der Waals surface area contributed by atoms with Crippen LogP contribution in [0.2, 0.25) is 10.0 Å². The van der Waals surface area contributed by atoms with Gasteiger partial charge in [0.25, 0.3) is 5.91 Å². The van der Waals surface area contributed by atoms with Crippen LogP contribution < -0.4 is 20.4 Å². The van der Waals surface area contributed by atoms with Gasteiger partial charge in [-0.15, -0.1) is 0 Å². The number of halogens is 3. The highest BCUT2D eigenvalue weighted by atomic mass is 35.5. The fourth-order valence-corrected chi connectivity index (χ4v) is 6.39. The van der Waals surface area contributed by atoms with Gasteiger partial charge in [0.05, 0.1) is 38.5 Å². The molecule has 0 aliphatic carbocycles. The van der Waals surface area contributed by atoms with Gasteiger partial charge in [0.15, 0.2) is 0 Å². The molecule has 12 heteroatoms. The van der Waals surface area contributed by atoms with E-state index in [2.05, 4.69) is 44.5 Å². The molecule has 0 saturated carbocycles. The molecule has 3 heterocycles. The quantitative estimate of drug-likeness (QED) is 0.349. The maximum absolute atomic E-state index is 14.4. The van der Waals surface area contributed by atoms with Gasteiger partial charge in [-0.2, -0.15) is 0 Å². The average Bonchev–Trinajstić information content (AvgIpc) is 2.89.